The van der Waals surface area contributed by atoms with Crippen LogP contribution in [0, 0.1) is 5.92 Å². The highest BCUT2D eigenvalue weighted by molar-refractivity contribution is 9.10. The summed E-state index contributed by atoms with van der Waals surface area (Å²) < 4.78 is 0.508. The van der Waals surface area contributed by atoms with Gasteiger partial charge in [0.1, 0.15) is 4.47 Å². The van der Waals surface area contributed by atoms with Crippen LogP contribution < -0.4 is 10.9 Å². The predicted octanol–water partition coefficient (Wildman–Crippen LogP) is 1.94. The van der Waals surface area contributed by atoms with Crippen molar-refractivity contribution in [2.45, 2.75) is 6.92 Å². The molecule has 2 N–H and O–H groups in total. The fourth-order valence-electron chi connectivity index (χ4n) is 1.13. The van der Waals surface area contributed by atoms with E-state index in [0.29, 0.717) is 10.4 Å². The lowest BCUT2D eigenvalue weighted by Crippen LogP contribution is -2.17. The van der Waals surface area contributed by atoms with E-state index >= 15 is 0 Å². The van der Waals surface area contributed by atoms with Gasteiger partial charge < -0.3 is 5.32 Å². The lowest BCUT2D eigenvalue weighted by molar-refractivity contribution is 0.700. The summed E-state index contributed by atoms with van der Waals surface area (Å²) in [5, 5.41) is 9.29. The summed E-state index contributed by atoms with van der Waals surface area (Å²) in [5.41, 5.74) is 0.532. The molecule has 0 aromatic carbocycles. The van der Waals surface area contributed by atoms with E-state index in [2.05, 4.69) is 44.6 Å². The Morgan fingerprint density at radius 3 is 3.13 bits per heavy atom. The van der Waals surface area contributed by atoms with E-state index in [1.54, 1.807) is 6.20 Å². The highest BCUT2D eigenvalue weighted by Crippen LogP contribution is 2.16. The molecule has 1 aromatic heterocycles. The third kappa shape index (κ3) is 3.87. The van der Waals surface area contributed by atoms with E-state index in [-0.39, 0.29) is 5.56 Å². The quantitative estimate of drug-likeness (QED) is 0.871. The molecule has 0 aliphatic carbocycles. The molecule has 0 saturated heterocycles. The number of rotatable bonds is 5. The third-order valence-corrected chi connectivity index (χ3v) is 3.58. The Morgan fingerprint density at radius 1 is 1.73 bits per heavy atom. The summed E-state index contributed by atoms with van der Waals surface area (Å²) in [6.07, 6.45) is 3.69. The molecule has 0 fully saturated rings. The van der Waals surface area contributed by atoms with Crippen LogP contribution in [0.25, 0.3) is 0 Å². The molecule has 1 atom stereocenters. The highest BCUT2D eigenvalue weighted by Gasteiger charge is 2.05. The number of hydrogen-bond donors (Lipinski definition) is 2. The first-order valence-corrected chi connectivity index (χ1v) is 6.79. The Labute approximate surface area is 101 Å². The molecule has 0 spiro atoms. The van der Waals surface area contributed by atoms with E-state index in [1.165, 1.54) is 0 Å². The number of H-pyrrole nitrogens is 1. The molecule has 0 saturated carbocycles. The molecule has 0 radical (unpaired) electrons. The molecule has 1 rings (SSSR count). The minimum Gasteiger partial charge on any atom is -0.382 e. The van der Waals surface area contributed by atoms with Crippen LogP contribution in [0.4, 0.5) is 5.69 Å². The van der Waals surface area contributed by atoms with Crippen LogP contribution in [0.3, 0.4) is 0 Å². The normalized spacial score (nSPS) is 12.5. The zero-order valence-corrected chi connectivity index (χ0v) is 11.1. The molecule has 84 valence electrons. The van der Waals surface area contributed by atoms with Gasteiger partial charge in [-0.25, -0.2) is 5.10 Å². The molecule has 0 amide bonds. The first kappa shape index (κ1) is 12.6. The van der Waals surface area contributed by atoms with Gasteiger partial charge in [0, 0.05) is 6.54 Å². The molecule has 0 bridgehead atoms. The minimum atomic E-state index is -0.211. The predicted molar refractivity (Wildman–Crippen MR) is 68.6 cm³/mol. The second-order valence-electron chi connectivity index (χ2n) is 3.37. The van der Waals surface area contributed by atoms with Gasteiger partial charge in [-0.1, -0.05) is 6.92 Å². The van der Waals surface area contributed by atoms with Crippen molar-refractivity contribution in [3.05, 3.63) is 21.0 Å². The number of halogens is 1. The minimum absolute atomic E-state index is 0.211. The molecule has 1 unspecified atom stereocenters. The first-order valence-electron chi connectivity index (χ1n) is 4.61. The smallest absolute Gasteiger partial charge is 0.280 e. The van der Waals surface area contributed by atoms with Crippen LogP contribution in [0.1, 0.15) is 6.92 Å². The summed E-state index contributed by atoms with van der Waals surface area (Å²) in [6.45, 7) is 3.00. The summed E-state index contributed by atoms with van der Waals surface area (Å²) >= 11 is 5.03. The van der Waals surface area contributed by atoms with Crippen molar-refractivity contribution in [1.82, 2.24) is 10.2 Å². The van der Waals surface area contributed by atoms with Crippen molar-refractivity contribution >= 4 is 33.4 Å². The van der Waals surface area contributed by atoms with Crippen LogP contribution in [0.15, 0.2) is 15.5 Å². The maximum absolute atomic E-state index is 11.2. The Bertz CT molecular complexity index is 369. The number of aromatic amines is 1. The van der Waals surface area contributed by atoms with E-state index in [0.717, 1.165) is 18.0 Å². The average molecular weight is 292 g/mol. The fourth-order valence-corrected chi connectivity index (χ4v) is 2.15. The molecule has 6 heteroatoms. The van der Waals surface area contributed by atoms with Crippen molar-refractivity contribution in [1.29, 1.82) is 0 Å². The van der Waals surface area contributed by atoms with Crippen molar-refractivity contribution < 1.29 is 0 Å². The van der Waals surface area contributed by atoms with Gasteiger partial charge in [0.15, 0.2) is 0 Å². The number of nitrogens with zero attached hydrogens (tertiary/aromatic N) is 1. The second-order valence-corrected chi connectivity index (χ2v) is 5.07. The molecule has 1 heterocycles. The van der Waals surface area contributed by atoms with Crippen molar-refractivity contribution in [3.8, 4) is 0 Å². The standard InChI is InChI=1S/C9H14BrN3OS/c1-6(5-15-2)3-11-7-4-12-13-9(14)8(7)10/h4,6H,3,5H2,1-2H3,(H2,11,13,14). The van der Waals surface area contributed by atoms with Gasteiger partial charge in [-0.15, -0.1) is 0 Å². The van der Waals surface area contributed by atoms with Gasteiger partial charge in [-0.05, 0) is 33.9 Å². The maximum atomic E-state index is 11.2. The molecule has 15 heavy (non-hydrogen) atoms. The highest BCUT2D eigenvalue weighted by atomic mass is 79.9. The maximum Gasteiger partial charge on any atom is 0.280 e. The topological polar surface area (TPSA) is 57.8 Å². The number of aromatic nitrogens is 2. The molecular weight excluding hydrogens is 278 g/mol. The van der Waals surface area contributed by atoms with Crippen LogP contribution in [0.5, 0.6) is 0 Å². The molecule has 4 nitrogen and oxygen atoms in total. The van der Waals surface area contributed by atoms with Gasteiger partial charge in [0.2, 0.25) is 0 Å². The zero-order chi connectivity index (χ0) is 11.3. The monoisotopic (exact) mass is 291 g/mol. The average Bonchev–Trinajstić information content (AvgIpc) is 2.21. The molecular formula is C9H14BrN3OS. The van der Waals surface area contributed by atoms with E-state index in [1.807, 2.05) is 11.8 Å². The summed E-state index contributed by atoms with van der Waals surface area (Å²) in [6, 6.07) is 0. The van der Waals surface area contributed by atoms with Crippen molar-refractivity contribution in [3.63, 3.8) is 0 Å². The molecule has 0 aliphatic heterocycles. The number of nitrogens with one attached hydrogen (secondary N) is 2. The van der Waals surface area contributed by atoms with Gasteiger partial charge in [0.25, 0.3) is 5.56 Å². The van der Waals surface area contributed by atoms with Gasteiger partial charge >= 0.3 is 0 Å². The Balaban J connectivity index is 2.58. The van der Waals surface area contributed by atoms with Gasteiger partial charge in [-0.2, -0.15) is 16.9 Å². The Kier molecular flexibility index (Phi) is 5.17. The lowest BCUT2D eigenvalue weighted by atomic mass is 10.2. The number of thioether (sulfide) groups is 1. The Hall–Kier alpha value is -0.490. The number of hydrogen-bond acceptors (Lipinski definition) is 4. The first-order chi connectivity index (χ1) is 7.15. The molecule has 1 aromatic rings. The van der Waals surface area contributed by atoms with E-state index < -0.39 is 0 Å². The van der Waals surface area contributed by atoms with Crippen LogP contribution >= 0.6 is 27.7 Å². The van der Waals surface area contributed by atoms with Crippen LogP contribution in [0.2, 0.25) is 0 Å². The van der Waals surface area contributed by atoms with Crippen molar-refractivity contribution in [2.75, 3.05) is 23.9 Å². The Morgan fingerprint density at radius 2 is 2.47 bits per heavy atom. The van der Waals surface area contributed by atoms with Crippen molar-refractivity contribution in [2.24, 2.45) is 5.92 Å². The van der Waals surface area contributed by atoms with Crippen LogP contribution in [-0.4, -0.2) is 28.8 Å². The lowest BCUT2D eigenvalue weighted by Gasteiger charge is -2.12. The van der Waals surface area contributed by atoms with E-state index in [9.17, 15) is 4.79 Å². The number of anilines is 1. The summed E-state index contributed by atoms with van der Waals surface area (Å²) in [5.74, 6) is 1.66. The van der Waals surface area contributed by atoms with Crippen LogP contribution in [-0.2, 0) is 0 Å². The second kappa shape index (κ2) is 6.17. The SMILES string of the molecule is CSCC(C)CNc1cn[nH]c(=O)c1Br. The van der Waals surface area contributed by atoms with Gasteiger partial charge in [0.05, 0.1) is 11.9 Å². The summed E-state index contributed by atoms with van der Waals surface area (Å²) in [7, 11) is 0. The zero-order valence-electron chi connectivity index (χ0n) is 8.71. The molecule has 0 aliphatic rings. The van der Waals surface area contributed by atoms with Gasteiger partial charge in [-0.3, -0.25) is 4.79 Å². The largest absolute Gasteiger partial charge is 0.382 e. The summed E-state index contributed by atoms with van der Waals surface area (Å²) in [4.78, 5) is 11.2. The van der Waals surface area contributed by atoms with E-state index in [4.69, 9.17) is 0 Å². The third-order valence-electron chi connectivity index (χ3n) is 1.89. The fraction of sp³-hybridized carbons (Fsp3) is 0.556.